The van der Waals surface area contributed by atoms with Crippen LogP contribution in [0.2, 0.25) is 0 Å². The second-order valence-corrected chi connectivity index (χ2v) is 5.38. The smallest absolute Gasteiger partial charge is 0.0149 e. The minimum Gasteiger partial charge on any atom is -0.0622 e. The van der Waals surface area contributed by atoms with Crippen LogP contribution in [-0.2, 0) is 12.8 Å². The van der Waals surface area contributed by atoms with E-state index in [9.17, 15) is 0 Å². The predicted molar refractivity (Wildman–Crippen MR) is 78.0 cm³/mol. The van der Waals surface area contributed by atoms with Crippen molar-refractivity contribution in [3.63, 3.8) is 0 Å². The number of aryl methyl sites for hydroxylation is 1. The number of benzene rings is 2. The van der Waals surface area contributed by atoms with Gasteiger partial charge in [0.05, 0.1) is 0 Å². The lowest BCUT2D eigenvalue weighted by molar-refractivity contribution is 0.681. The molecule has 2 aromatic carbocycles. The Balaban J connectivity index is 2.19. The highest BCUT2D eigenvalue weighted by Gasteiger charge is 2.16. The third kappa shape index (κ3) is 1.86. The lowest BCUT2D eigenvalue weighted by Gasteiger charge is -2.22. The molecule has 0 spiro atoms. The van der Waals surface area contributed by atoms with Crippen molar-refractivity contribution in [1.82, 2.24) is 0 Å². The van der Waals surface area contributed by atoms with E-state index in [0.29, 0.717) is 0 Å². The zero-order valence-corrected chi connectivity index (χ0v) is 11.3. The maximum atomic E-state index is 2.44. The van der Waals surface area contributed by atoms with Gasteiger partial charge in [0, 0.05) is 0 Å². The summed E-state index contributed by atoms with van der Waals surface area (Å²) in [6, 6.07) is 13.2. The molecule has 0 atom stereocenters. The molecule has 0 aromatic heterocycles. The molecule has 2 aromatic rings. The van der Waals surface area contributed by atoms with Gasteiger partial charge in [0.1, 0.15) is 0 Å². The van der Waals surface area contributed by atoms with Crippen LogP contribution < -0.4 is 0 Å². The SMILES string of the molecule is Cc1c(-c2ccccc2)cc2c(c1C)CCCC2. The summed E-state index contributed by atoms with van der Waals surface area (Å²) < 4.78 is 0. The van der Waals surface area contributed by atoms with Gasteiger partial charge < -0.3 is 0 Å². The van der Waals surface area contributed by atoms with Crippen LogP contribution in [0.4, 0.5) is 0 Å². The van der Waals surface area contributed by atoms with E-state index >= 15 is 0 Å². The van der Waals surface area contributed by atoms with Gasteiger partial charge in [0.2, 0.25) is 0 Å². The molecular weight excluding hydrogens is 216 g/mol. The Morgan fingerprint density at radius 1 is 0.833 bits per heavy atom. The van der Waals surface area contributed by atoms with Crippen LogP contribution in [0.25, 0.3) is 11.1 Å². The fraction of sp³-hybridized carbons (Fsp3) is 0.333. The van der Waals surface area contributed by atoms with Crippen LogP contribution in [0.3, 0.4) is 0 Å². The van der Waals surface area contributed by atoms with Crippen LogP contribution in [0, 0.1) is 13.8 Å². The number of hydrogen-bond donors (Lipinski definition) is 0. The quantitative estimate of drug-likeness (QED) is 0.664. The van der Waals surface area contributed by atoms with Gasteiger partial charge in [-0.05, 0) is 72.9 Å². The first-order valence-corrected chi connectivity index (χ1v) is 6.95. The lowest BCUT2D eigenvalue weighted by Crippen LogP contribution is -2.07. The molecule has 0 N–H and O–H groups in total. The molecule has 0 radical (unpaired) electrons. The van der Waals surface area contributed by atoms with Crippen LogP contribution >= 0.6 is 0 Å². The van der Waals surface area contributed by atoms with Crippen molar-refractivity contribution in [1.29, 1.82) is 0 Å². The van der Waals surface area contributed by atoms with E-state index in [2.05, 4.69) is 50.2 Å². The summed E-state index contributed by atoms with van der Waals surface area (Å²) in [4.78, 5) is 0. The molecule has 1 aliphatic carbocycles. The van der Waals surface area contributed by atoms with Crippen LogP contribution in [0.15, 0.2) is 36.4 Å². The molecule has 0 nitrogen and oxygen atoms in total. The fourth-order valence-corrected chi connectivity index (χ4v) is 3.14. The van der Waals surface area contributed by atoms with E-state index in [1.807, 2.05) is 0 Å². The van der Waals surface area contributed by atoms with Gasteiger partial charge in [-0.25, -0.2) is 0 Å². The van der Waals surface area contributed by atoms with E-state index in [1.54, 1.807) is 11.1 Å². The third-order valence-corrected chi connectivity index (χ3v) is 4.33. The minimum absolute atomic E-state index is 1.26. The fourth-order valence-electron chi connectivity index (χ4n) is 3.14. The molecule has 0 bridgehead atoms. The summed E-state index contributed by atoms with van der Waals surface area (Å²) in [7, 11) is 0. The van der Waals surface area contributed by atoms with Crippen molar-refractivity contribution in [3.05, 3.63) is 58.7 Å². The van der Waals surface area contributed by atoms with E-state index in [1.165, 1.54) is 47.9 Å². The van der Waals surface area contributed by atoms with E-state index in [-0.39, 0.29) is 0 Å². The molecule has 0 amide bonds. The molecule has 0 saturated carbocycles. The first-order chi connectivity index (χ1) is 8.77. The van der Waals surface area contributed by atoms with E-state index in [0.717, 1.165) is 0 Å². The number of rotatable bonds is 1. The van der Waals surface area contributed by atoms with E-state index in [4.69, 9.17) is 0 Å². The Morgan fingerprint density at radius 3 is 2.33 bits per heavy atom. The highest BCUT2D eigenvalue weighted by molar-refractivity contribution is 5.70. The average molecular weight is 236 g/mol. The standard InChI is InChI=1S/C18H20/c1-13-14(2)18(15-8-4-3-5-9-15)12-16-10-6-7-11-17(13)16/h3-5,8-9,12H,6-7,10-11H2,1-2H3. The minimum atomic E-state index is 1.26. The molecular formula is C18H20. The van der Waals surface area contributed by atoms with Gasteiger partial charge in [0.15, 0.2) is 0 Å². The molecule has 0 saturated heterocycles. The molecule has 0 unspecified atom stereocenters. The van der Waals surface area contributed by atoms with Gasteiger partial charge in [-0.15, -0.1) is 0 Å². The molecule has 0 heterocycles. The first-order valence-electron chi connectivity index (χ1n) is 6.95. The van der Waals surface area contributed by atoms with Crippen molar-refractivity contribution in [2.45, 2.75) is 39.5 Å². The maximum absolute atomic E-state index is 2.44. The second kappa shape index (κ2) is 4.61. The first kappa shape index (κ1) is 11.5. The van der Waals surface area contributed by atoms with Crippen LogP contribution in [0.5, 0.6) is 0 Å². The van der Waals surface area contributed by atoms with Crippen LogP contribution in [0.1, 0.15) is 35.1 Å². The van der Waals surface area contributed by atoms with Crippen LogP contribution in [-0.4, -0.2) is 0 Å². The molecule has 3 rings (SSSR count). The van der Waals surface area contributed by atoms with Crippen molar-refractivity contribution in [2.75, 3.05) is 0 Å². The summed E-state index contributed by atoms with van der Waals surface area (Å²) in [6.45, 7) is 4.57. The Morgan fingerprint density at radius 2 is 1.56 bits per heavy atom. The summed E-state index contributed by atoms with van der Waals surface area (Å²) >= 11 is 0. The van der Waals surface area contributed by atoms with Crippen molar-refractivity contribution < 1.29 is 0 Å². The van der Waals surface area contributed by atoms with Gasteiger partial charge in [-0.1, -0.05) is 36.4 Å². The zero-order valence-electron chi connectivity index (χ0n) is 11.3. The van der Waals surface area contributed by atoms with Crippen molar-refractivity contribution in [3.8, 4) is 11.1 Å². The van der Waals surface area contributed by atoms with Gasteiger partial charge in [-0.3, -0.25) is 0 Å². The summed E-state index contributed by atoms with van der Waals surface area (Å²) in [6.07, 6.45) is 5.25. The largest absolute Gasteiger partial charge is 0.0622 e. The lowest BCUT2D eigenvalue weighted by atomic mass is 9.83. The Bertz CT molecular complexity index is 564. The Labute approximate surface area is 110 Å². The predicted octanol–water partition coefficient (Wildman–Crippen LogP) is 4.85. The van der Waals surface area contributed by atoms with Crippen molar-refractivity contribution >= 4 is 0 Å². The molecule has 1 aliphatic rings. The second-order valence-electron chi connectivity index (χ2n) is 5.38. The molecule has 0 fully saturated rings. The van der Waals surface area contributed by atoms with Gasteiger partial charge >= 0.3 is 0 Å². The average Bonchev–Trinajstić information content (AvgIpc) is 2.44. The van der Waals surface area contributed by atoms with E-state index < -0.39 is 0 Å². The van der Waals surface area contributed by atoms with Gasteiger partial charge in [0.25, 0.3) is 0 Å². The molecule has 0 heteroatoms. The molecule has 18 heavy (non-hydrogen) atoms. The molecule has 0 aliphatic heterocycles. The highest BCUT2D eigenvalue weighted by atomic mass is 14.2. The topological polar surface area (TPSA) is 0 Å². The highest BCUT2D eigenvalue weighted by Crippen LogP contribution is 2.33. The number of hydrogen-bond acceptors (Lipinski definition) is 0. The zero-order chi connectivity index (χ0) is 12.5. The van der Waals surface area contributed by atoms with Gasteiger partial charge in [-0.2, -0.15) is 0 Å². The Hall–Kier alpha value is -1.56. The summed E-state index contributed by atoms with van der Waals surface area (Å²) in [5.74, 6) is 0. The number of fused-ring (bicyclic) bond motifs is 1. The third-order valence-electron chi connectivity index (χ3n) is 4.33. The summed E-state index contributed by atoms with van der Waals surface area (Å²) in [5.41, 5.74) is 8.97. The monoisotopic (exact) mass is 236 g/mol. The summed E-state index contributed by atoms with van der Waals surface area (Å²) in [5, 5.41) is 0. The van der Waals surface area contributed by atoms with Crippen molar-refractivity contribution in [2.24, 2.45) is 0 Å². The molecule has 92 valence electrons. The maximum Gasteiger partial charge on any atom is -0.0149 e. The normalized spacial score (nSPS) is 14.3. The Kier molecular flexibility index (Phi) is 2.95.